The molecule has 0 amide bonds. The third kappa shape index (κ3) is 8.12. The Balaban J connectivity index is 1.86. The molecule has 1 rings (SSSR count). The van der Waals surface area contributed by atoms with Gasteiger partial charge in [0, 0.05) is 13.1 Å². The van der Waals surface area contributed by atoms with Crippen molar-refractivity contribution in [3.8, 4) is 0 Å². The highest BCUT2D eigenvalue weighted by atomic mass is 15.2. The van der Waals surface area contributed by atoms with Crippen molar-refractivity contribution in [2.45, 2.75) is 46.5 Å². The second-order valence-corrected chi connectivity index (χ2v) is 6.52. The van der Waals surface area contributed by atoms with Crippen molar-refractivity contribution in [3.63, 3.8) is 0 Å². The minimum absolute atomic E-state index is 0.480. The van der Waals surface area contributed by atoms with E-state index in [1.807, 2.05) is 0 Å². The van der Waals surface area contributed by atoms with E-state index in [-0.39, 0.29) is 0 Å². The Bertz CT molecular complexity index is 180. The molecule has 0 aromatic rings. The summed E-state index contributed by atoms with van der Waals surface area (Å²) < 4.78 is 0. The highest BCUT2D eigenvalue weighted by Gasteiger charge is 2.15. The van der Waals surface area contributed by atoms with Crippen molar-refractivity contribution in [2.75, 3.05) is 39.8 Å². The molecular weight excluding hydrogens is 196 g/mol. The third-order valence-corrected chi connectivity index (χ3v) is 3.30. The van der Waals surface area contributed by atoms with Crippen molar-refractivity contribution in [2.24, 2.45) is 5.41 Å². The molecular formula is C14H30N2. The van der Waals surface area contributed by atoms with Gasteiger partial charge in [0.1, 0.15) is 0 Å². The number of hydrogen-bond acceptors (Lipinski definition) is 2. The summed E-state index contributed by atoms with van der Waals surface area (Å²) in [6.07, 6.45) is 5.47. The molecule has 1 heterocycles. The Hall–Kier alpha value is -0.0800. The first-order valence-corrected chi connectivity index (χ1v) is 6.88. The quantitative estimate of drug-likeness (QED) is 0.464. The fraction of sp³-hybridized carbons (Fsp3) is 1.00. The lowest BCUT2D eigenvalue weighted by molar-refractivity contribution is 0.259. The molecule has 1 fully saturated rings. The maximum atomic E-state index is 2.52. The number of hydrogen-bond donors (Lipinski definition) is 0. The first kappa shape index (κ1) is 14.0. The van der Waals surface area contributed by atoms with Gasteiger partial charge in [-0.2, -0.15) is 0 Å². The Morgan fingerprint density at radius 1 is 1.00 bits per heavy atom. The first-order chi connectivity index (χ1) is 7.47. The van der Waals surface area contributed by atoms with E-state index >= 15 is 0 Å². The van der Waals surface area contributed by atoms with Gasteiger partial charge in [-0.25, -0.2) is 0 Å². The lowest BCUT2D eigenvalue weighted by Crippen LogP contribution is -2.24. The van der Waals surface area contributed by atoms with Gasteiger partial charge in [-0.3, -0.25) is 0 Å². The van der Waals surface area contributed by atoms with E-state index in [0.29, 0.717) is 5.41 Å². The van der Waals surface area contributed by atoms with Crippen molar-refractivity contribution in [3.05, 3.63) is 0 Å². The van der Waals surface area contributed by atoms with Gasteiger partial charge in [0.15, 0.2) is 0 Å². The molecule has 0 saturated carbocycles. The van der Waals surface area contributed by atoms with E-state index in [2.05, 4.69) is 37.6 Å². The van der Waals surface area contributed by atoms with Gasteiger partial charge < -0.3 is 9.80 Å². The second-order valence-electron chi connectivity index (χ2n) is 6.52. The third-order valence-electron chi connectivity index (χ3n) is 3.30. The predicted molar refractivity (Wildman–Crippen MR) is 71.9 cm³/mol. The lowest BCUT2D eigenvalue weighted by Gasteiger charge is -2.23. The molecule has 0 aromatic carbocycles. The largest absolute Gasteiger partial charge is 0.306 e. The molecule has 0 atom stereocenters. The van der Waals surface area contributed by atoms with Crippen LogP contribution in [-0.2, 0) is 0 Å². The van der Waals surface area contributed by atoms with Crippen LogP contribution in [0.25, 0.3) is 0 Å². The summed E-state index contributed by atoms with van der Waals surface area (Å²) in [5, 5.41) is 0. The Kier molecular flexibility index (Phi) is 5.77. The molecule has 1 aliphatic heterocycles. The van der Waals surface area contributed by atoms with E-state index in [9.17, 15) is 0 Å². The highest BCUT2D eigenvalue weighted by Crippen LogP contribution is 2.18. The van der Waals surface area contributed by atoms with Gasteiger partial charge >= 0.3 is 0 Å². The van der Waals surface area contributed by atoms with Crippen molar-refractivity contribution in [1.29, 1.82) is 0 Å². The van der Waals surface area contributed by atoms with Crippen LogP contribution in [0, 0.1) is 5.41 Å². The van der Waals surface area contributed by atoms with Crippen LogP contribution >= 0.6 is 0 Å². The summed E-state index contributed by atoms with van der Waals surface area (Å²) in [6, 6.07) is 0. The SMILES string of the molecule is CN(CCCCCN1CC1)CCC(C)(C)C. The Morgan fingerprint density at radius 2 is 1.69 bits per heavy atom. The molecule has 0 unspecified atom stereocenters. The summed E-state index contributed by atoms with van der Waals surface area (Å²) in [7, 11) is 2.26. The van der Waals surface area contributed by atoms with Gasteiger partial charge in [0.05, 0.1) is 0 Å². The van der Waals surface area contributed by atoms with Crippen LogP contribution in [-0.4, -0.2) is 49.6 Å². The van der Waals surface area contributed by atoms with Crippen LogP contribution in [0.1, 0.15) is 46.5 Å². The van der Waals surface area contributed by atoms with E-state index in [4.69, 9.17) is 0 Å². The van der Waals surface area contributed by atoms with Crippen molar-refractivity contribution in [1.82, 2.24) is 9.80 Å². The number of rotatable bonds is 8. The average Bonchev–Trinajstić information content (AvgIpc) is 2.97. The maximum absolute atomic E-state index is 2.52. The summed E-state index contributed by atoms with van der Waals surface area (Å²) >= 11 is 0. The minimum Gasteiger partial charge on any atom is -0.306 e. The number of nitrogens with zero attached hydrogens (tertiary/aromatic N) is 2. The summed E-state index contributed by atoms with van der Waals surface area (Å²) in [6.45, 7) is 13.5. The molecule has 0 aliphatic carbocycles. The van der Waals surface area contributed by atoms with E-state index in [0.717, 1.165) is 0 Å². The average molecular weight is 226 g/mol. The molecule has 1 saturated heterocycles. The van der Waals surface area contributed by atoms with Crippen LogP contribution < -0.4 is 0 Å². The van der Waals surface area contributed by atoms with Crippen LogP contribution in [0.2, 0.25) is 0 Å². The molecule has 0 aromatic heterocycles. The second kappa shape index (κ2) is 6.61. The smallest absolute Gasteiger partial charge is 0.0110 e. The molecule has 2 heteroatoms. The van der Waals surface area contributed by atoms with E-state index < -0.39 is 0 Å². The molecule has 0 bridgehead atoms. The van der Waals surface area contributed by atoms with Crippen LogP contribution in [0.15, 0.2) is 0 Å². The fourth-order valence-corrected chi connectivity index (χ4v) is 1.83. The van der Waals surface area contributed by atoms with E-state index in [1.54, 1.807) is 0 Å². The van der Waals surface area contributed by atoms with Crippen molar-refractivity contribution >= 4 is 0 Å². The van der Waals surface area contributed by atoms with Gasteiger partial charge in [-0.05, 0) is 51.4 Å². The molecule has 2 nitrogen and oxygen atoms in total. The predicted octanol–water partition coefficient (Wildman–Crippen LogP) is 2.84. The summed E-state index contributed by atoms with van der Waals surface area (Å²) in [4.78, 5) is 5.01. The van der Waals surface area contributed by atoms with Gasteiger partial charge in [-0.1, -0.05) is 27.2 Å². The topological polar surface area (TPSA) is 6.25 Å². The Morgan fingerprint density at radius 3 is 2.25 bits per heavy atom. The Labute approximate surface area is 102 Å². The summed E-state index contributed by atoms with van der Waals surface area (Å²) in [5.41, 5.74) is 0.480. The van der Waals surface area contributed by atoms with Gasteiger partial charge in [0.25, 0.3) is 0 Å². The zero-order valence-corrected chi connectivity index (χ0v) is 11.8. The molecule has 0 N–H and O–H groups in total. The van der Waals surface area contributed by atoms with E-state index in [1.165, 1.54) is 58.4 Å². The highest BCUT2D eigenvalue weighted by molar-refractivity contribution is 4.71. The summed E-state index contributed by atoms with van der Waals surface area (Å²) in [5.74, 6) is 0. The standard InChI is InChI=1S/C14H30N2/c1-14(2,3)8-11-15(4)9-6-5-7-10-16-12-13-16/h5-13H2,1-4H3. The lowest BCUT2D eigenvalue weighted by atomic mass is 9.92. The molecule has 0 radical (unpaired) electrons. The normalized spacial score (nSPS) is 17.1. The number of unbranched alkanes of at least 4 members (excludes halogenated alkanes) is 2. The van der Waals surface area contributed by atoms with Crippen LogP contribution in [0.5, 0.6) is 0 Å². The zero-order valence-electron chi connectivity index (χ0n) is 11.8. The van der Waals surface area contributed by atoms with Gasteiger partial charge in [-0.15, -0.1) is 0 Å². The maximum Gasteiger partial charge on any atom is 0.0110 e. The zero-order chi connectivity index (χ0) is 12.0. The minimum atomic E-state index is 0.480. The van der Waals surface area contributed by atoms with Crippen LogP contribution in [0.3, 0.4) is 0 Å². The molecule has 0 spiro atoms. The molecule has 96 valence electrons. The monoisotopic (exact) mass is 226 g/mol. The van der Waals surface area contributed by atoms with Gasteiger partial charge in [0.2, 0.25) is 0 Å². The molecule has 1 aliphatic rings. The van der Waals surface area contributed by atoms with Crippen LogP contribution in [0.4, 0.5) is 0 Å². The fourth-order valence-electron chi connectivity index (χ4n) is 1.83. The first-order valence-electron chi connectivity index (χ1n) is 6.88. The molecule has 16 heavy (non-hydrogen) atoms. The van der Waals surface area contributed by atoms with Crippen molar-refractivity contribution < 1.29 is 0 Å².